The SMILES string of the molecule is FC(Br)=C(F)C(F)F. The van der Waals surface area contributed by atoms with E-state index in [-0.39, 0.29) is 0 Å². The topological polar surface area (TPSA) is 0 Å². The lowest BCUT2D eigenvalue weighted by atomic mass is 10.6. The zero-order valence-electron chi connectivity index (χ0n) is 3.47. The zero-order chi connectivity index (χ0) is 6.73. The second-order valence-electron chi connectivity index (χ2n) is 0.909. The molecule has 5 heteroatoms. The molecule has 0 aromatic rings. The first-order valence-electron chi connectivity index (χ1n) is 1.54. The summed E-state index contributed by atoms with van der Waals surface area (Å²) in [4.78, 5) is 0. The van der Waals surface area contributed by atoms with Gasteiger partial charge in [0.1, 0.15) is 0 Å². The summed E-state index contributed by atoms with van der Waals surface area (Å²) in [6.07, 6.45) is -3.37. The van der Waals surface area contributed by atoms with E-state index >= 15 is 0 Å². The number of alkyl halides is 2. The molecule has 0 nitrogen and oxygen atoms in total. The lowest BCUT2D eigenvalue weighted by molar-refractivity contribution is 0.155. The van der Waals surface area contributed by atoms with Crippen LogP contribution in [0.1, 0.15) is 0 Å². The standard InChI is InChI=1S/C3HBrF4/c4-2(6)1(5)3(7)8/h3H. The van der Waals surface area contributed by atoms with Gasteiger partial charge in [-0.2, -0.15) is 4.39 Å². The van der Waals surface area contributed by atoms with Crippen molar-refractivity contribution in [3.63, 3.8) is 0 Å². The van der Waals surface area contributed by atoms with Crippen LogP contribution in [-0.4, -0.2) is 6.43 Å². The molecule has 0 atom stereocenters. The van der Waals surface area contributed by atoms with Crippen LogP contribution in [-0.2, 0) is 0 Å². The minimum absolute atomic E-state index is 1.65. The lowest BCUT2D eigenvalue weighted by Gasteiger charge is -1.89. The second-order valence-corrected chi connectivity index (χ2v) is 1.61. The van der Waals surface area contributed by atoms with Crippen LogP contribution in [0.15, 0.2) is 10.6 Å². The Bertz CT molecular complexity index is 104. The molecular formula is C3HBrF4. The molecule has 0 heterocycles. The van der Waals surface area contributed by atoms with Gasteiger partial charge < -0.3 is 0 Å². The van der Waals surface area contributed by atoms with Crippen LogP contribution < -0.4 is 0 Å². The predicted molar refractivity (Wildman–Crippen MR) is 24.2 cm³/mol. The number of hydrogen-bond donors (Lipinski definition) is 0. The highest BCUT2D eigenvalue weighted by molar-refractivity contribution is 9.11. The molecule has 0 rings (SSSR count). The molecule has 0 aliphatic carbocycles. The summed E-state index contributed by atoms with van der Waals surface area (Å²) >= 11 is 1.90. The quantitative estimate of drug-likeness (QED) is 0.561. The van der Waals surface area contributed by atoms with Crippen molar-refractivity contribution in [1.82, 2.24) is 0 Å². The van der Waals surface area contributed by atoms with E-state index in [0.717, 1.165) is 0 Å². The molecule has 0 unspecified atom stereocenters. The van der Waals surface area contributed by atoms with Crippen molar-refractivity contribution < 1.29 is 17.6 Å². The van der Waals surface area contributed by atoms with Crippen LogP contribution in [0, 0.1) is 0 Å². The van der Waals surface area contributed by atoms with E-state index in [9.17, 15) is 17.6 Å². The fourth-order valence-corrected chi connectivity index (χ4v) is 0.256. The van der Waals surface area contributed by atoms with Gasteiger partial charge in [0, 0.05) is 0 Å². The van der Waals surface area contributed by atoms with Gasteiger partial charge in [0.05, 0.1) is 0 Å². The van der Waals surface area contributed by atoms with Gasteiger partial charge in [-0.25, -0.2) is 13.2 Å². The third-order valence-electron chi connectivity index (χ3n) is 0.372. The Kier molecular flexibility index (Phi) is 3.04. The van der Waals surface area contributed by atoms with E-state index in [1.165, 1.54) is 0 Å². The molecule has 48 valence electrons. The molecular weight excluding hydrogens is 192 g/mol. The summed E-state index contributed by atoms with van der Waals surface area (Å²) in [5.74, 6) is -2.06. The molecule has 0 fully saturated rings. The van der Waals surface area contributed by atoms with Crippen molar-refractivity contribution in [3.8, 4) is 0 Å². The van der Waals surface area contributed by atoms with E-state index < -0.39 is 17.0 Å². The molecule has 0 aromatic heterocycles. The average Bonchev–Trinajstić information content (AvgIpc) is 1.64. The smallest absolute Gasteiger partial charge is 0.202 e. The highest BCUT2D eigenvalue weighted by Crippen LogP contribution is 2.20. The van der Waals surface area contributed by atoms with Crippen LogP contribution in [0.3, 0.4) is 0 Å². The number of rotatable bonds is 1. The molecule has 0 amide bonds. The number of halogens is 5. The number of hydrogen-bond acceptors (Lipinski definition) is 0. The maximum Gasteiger partial charge on any atom is 0.292 e. The Morgan fingerprint density at radius 1 is 1.25 bits per heavy atom. The average molecular weight is 193 g/mol. The molecule has 0 N–H and O–H groups in total. The molecule has 0 aromatic carbocycles. The highest BCUT2D eigenvalue weighted by Gasteiger charge is 2.14. The van der Waals surface area contributed by atoms with Crippen LogP contribution in [0.25, 0.3) is 0 Å². The molecule has 0 aliphatic heterocycles. The predicted octanol–water partition coefficient (Wildman–Crippen LogP) is 2.75. The third kappa shape index (κ3) is 2.30. The van der Waals surface area contributed by atoms with Gasteiger partial charge in [0.2, 0.25) is 10.6 Å². The first kappa shape index (κ1) is 7.94. The molecule has 0 spiro atoms. The van der Waals surface area contributed by atoms with Gasteiger partial charge in [-0.05, 0) is 15.9 Å². The van der Waals surface area contributed by atoms with Crippen LogP contribution >= 0.6 is 15.9 Å². The zero-order valence-corrected chi connectivity index (χ0v) is 5.05. The minimum Gasteiger partial charge on any atom is -0.202 e. The van der Waals surface area contributed by atoms with Crippen molar-refractivity contribution in [2.45, 2.75) is 6.43 Å². The van der Waals surface area contributed by atoms with E-state index in [1.807, 2.05) is 15.9 Å². The summed E-state index contributed by atoms with van der Waals surface area (Å²) in [7, 11) is 0. The first-order chi connectivity index (χ1) is 3.55. The summed E-state index contributed by atoms with van der Waals surface area (Å²) in [5.41, 5.74) is 0. The van der Waals surface area contributed by atoms with Crippen LogP contribution in [0.5, 0.6) is 0 Å². The summed E-state index contributed by atoms with van der Waals surface area (Å²) < 4.78 is 42.9. The van der Waals surface area contributed by atoms with Crippen LogP contribution in [0.4, 0.5) is 17.6 Å². The van der Waals surface area contributed by atoms with E-state index in [2.05, 4.69) is 0 Å². The fourth-order valence-electron chi connectivity index (χ4n) is 0.0825. The van der Waals surface area contributed by atoms with Crippen molar-refractivity contribution in [1.29, 1.82) is 0 Å². The van der Waals surface area contributed by atoms with E-state index in [0.29, 0.717) is 0 Å². The van der Waals surface area contributed by atoms with Crippen molar-refractivity contribution >= 4 is 15.9 Å². The first-order valence-corrected chi connectivity index (χ1v) is 2.34. The molecule has 8 heavy (non-hydrogen) atoms. The lowest BCUT2D eigenvalue weighted by Crippen LogP contribution is -1.89. The highest BCUT2D eigenvalue weighted by atomic mass is 79.9. The summed E-state index contributed by atoms with van der Waals surface area (Å²) in [6.45, 7) is 0. The Hall–Kier alpha value is -0.0600. The van der Waals surface area contributed by atoms with Crippen LogP contribution in [0.2, 0.25) is 0 Å². The van der Waals surface area contributed by atoms with Gasteiger partial charge in [0.15, 0.2) is 0 Å². The van der Waals surface area contributed by atoms with E-state index in [1.54, 1.807) is 0 Å². The maximum atomic E-state index is 11.4. The van der Waals surface area contributed by atoms with Gasteiger partial charge in [-0.3, -0.25) is 0 Å². The third-order valence-corrected chi connectivity index (χ3v) is 0.751. The monoisotopic (exact) mass is 192 g/mol. The van der Waals surface area contributed by atoms with E-state index in [4.69, 9.17) is 0 Å². The molecule has 0 radical (unpaired) electrons. The number of allylic oxidation sites excluding steroid dienone is 1. The maximum absolute atomic E-state index is 11.4. The largest absolute Gasteiger partial charge is 0.292 e. The normalized spacial score (nSPS) is 14.2. The second kappa shape index (κ2) is 3.06. The molecule has 0 saturated heterocycles. The summed E-state index contributed by atoms with van der Waals surface area (Å²) in [5, 5.41) is 0. The van der Waals surface area contributed by atoms with Gasteiger partial charge in [-0.15, -0.1) is 0 Å². The minimum atomic E-state index is -3.37. The van der Waals surface area contributed by atoms with Crippen molar-refractivity contribution in [3.05, 3.63) is 10.6 Å². The van der Waals surface area contributed by atoms with Gasteiger partial charge >= 0.3 is 0 Å². The van der Waals surface area contributed by atoms with Gasteiger partial charge in [-0.1, -0.05) is 0 Å². The Morgan fingerprint density at radius 3 is 1.62 bits per heavy atom. The Labute approximate surface area is 51.3 Å². The Morgan fingerprint density at radius 2 is 1.62 bits per heavy atom. The van der Waals surface area contributed by atoms with Crippen molar-refractivity contribution in [2.75, 3.05) is 0 Å². The Balaban J connectivity index is 4.00. The van der Waals surface area contributed by atoms with Gasteiger partial charge in [0.25, 0.3) is 6.43 Å². The molecule has 0 saturated carbocycles. The molecule has 0 aliphatic rings. The molecule has 0 bridgehead atoms. The fraction of sp³-hybridized carbons (Fsp3) is 0.333. The summed E-state index contributed by atoms with van der Waals surface area (Å²) in [6, 6.07) is 0. The van der Waals surface area contributed by atoms with Crippen molar-refractivity contribution in [2.24, 2.45) is 0 Å².